The topological polar surface area (TPSA) is 77.1 Å². The van der Waals surface area contributed by atoms with Crippen LogP contribution in [0.25, 0.3) is 5.65 Å². The summed E-state index contributed by atoms with van der Waals surface area (Å²) in [5.74, 6) is -1.02. The van der Waals surface area contributed by atoms with Gasteiger partial charge in [-0.25, -0.2) is 13.9 Å². The Hall–Kier alpha value is -3.47. The fourth-order valence-electron chi connectivity index (χ4n) is 3.46. The third-order valence-electron chi connectivity index (χ3n) is 5.25. The molecular formula is C21H15ClF4N6O. The number of hydrogen-bond acceptors (Lipinski definition) is 4. The summed E-state index contributed by atoms with van der Waals surface area (Å²) >= 11 is 6.03. The van der Waals surface area contributed by atoms with Crippen LogP contribution in [-0.2, 0) is 12.7 Å². The van der Waals surface area contributed by atoms with Gasteiger partial charge in [0.05, 0.1) is 12.7 Å². The van der Waals surface area contributed by atoms with Gasteiger partial charge in [0.1, 0.15) is 17.1 Å². The van der Waals surface area contributed by atoms with Gasteiger partial charge in [0.25, 0.3) is 5.91 Å². The molecule has 33 heavy (non-hydrogen) atoms. The van der Waals surface area contributed by atoms with Gasteiger partial charge in [-0.3, -0.25) is 9.48 Å². The minimum Gasteiger partial charge on any atom is -0.305 e. The number of carbonyl (C=O) groups excluding carboxylic acids is 1. The lowest BCUT2D eigenvalue weighted by molar-refractivity contribution is -0.142. The summed E-state index contributed by atoms with van der Waals surface area (Å²) in [6.07, 6.45) is -0.502. The molecule has 5 rings (SSSR count). The molecule has 1 saturated carbocycles. The van der Waals surface area contributed by atoms with E-state index in [9.17, 15) is 22.4 Å². The van der Waals surface area contributed by atoms with Crippen LogP contribution in [0.4, 0.5) is 23.4 Å². The van der Waals surface area contributed by atoms with E-state index in [1.807, 2.05) is 0 Å². The number of anilines is 1. The summed E-state index contributed by atoms with van der Waals surface area (Å²) in [5, 5.41) is 10.8. The highest BCUT2D eigenvalue weighted by Gasteiger charge is 2.38. The lowest BCUT2D eigenvalue weighted by Gasteiger charge is -2.11. The zero-order chi connectivity index (χ0) is 23.3. The van der Waals surface area contributed by atoms with Gasteiger partial charge in [-0.05, 0) is 36.6 Å². The fourth-order valence-corrected chi connectivity index (χ4v) is 3.68. The standard InChI is InChI=1S/C21H15ClF4N6O/c22-15-7-13(23)4-3-12(15)10-31-6-5-18(30-31)29-20(33)14-9-27-32-17(21(24,25)26)8-16(11-1-2-11)28-19(14)32/h3-9,11H,1-2,10H2,(H,29,30,33). The molecule has 12 heteroatoms. The molecule has 1 aliphatic carbocycles. The fraction of sp³-hybridized carbons (Fsp3) is 0.238. The molecule has 0 radical (unpaired) electrons. The number of fused-ring (bicyclic) bond motifs is 1. The molecule has 1 aromatic carbocycles. The van der Waals surface area contributed by atoms with Crippen LogP contribution in [0.2, 0.25) is 5.02 Å². The van der Waals surface area contributed by atoms with Gasteiger partial charge < -0.3 is 5.32 Å². The highest BCUT2D eigenvalue weighted by molar-refractivity contribution is 6.31. The van der Waals surface area contributed by atoms with E-state index >= 15 is 0 Å². The third-order valence-corrected chi connectivity index (χ3v) is 5.60. The average molecular weight is 479 g/mol. The molecule has 1 aliphatic rings. The van der Waals surface area contributed by atoms with Gasteiger partial charge >= 0.3 is 6.18 Å². The predicted molar refractivity (Wildman–Crippen MR) is 111 cm³/mol. The van der Waals surface area contributed by atoms with Crippen molar-refractivity contribution in [2.45, 2.75) is 31.5 Å². The van der Waals surface area contributed by atoms with Crippen LogP contribution in [0.5, 0.6) is 0 Å². The van der Waals surface area contributed by atoms with Crippen molar-refractivity contribution in [2.24, 2.45) is 0 Å². The summed E-state index contributed by atoms with van der Waals surface area (Å²) < 4.78 is 55.9. The van der Waals surface area contributed by atoms with E-state index in [1.165, 1.54) is 28.9 Å². The smallest absolute Gasteiger partial charge is 0.305 e. The Morgan fingerprint density at radius 1 is 1.21 bits per heavy atom. The Kier molecular flexibility index (Phi) is 5.08. The maximum absolute atomic E-state index is 13.5. The van der Waals surface area contributed by atoms with Crippen molar-refractivity contribution in [3.05, 3.63) is 76.1 Å². The molecule has 0 unspecified atom stereocenters. The van der Waals surface area contributed by atoms with Crippen molar-refractivity contribution in [1.82, 2.24) is 24.4 Å². The zero-order valence-electron chi connectivity index (χ0n) is 16.8. The number of hydrogen-bond donors (Lipinski definition) is 1. The molecule has 1 amide bonds. The number of rotatable bonds is 5. The highest BCUT2D eigenvalue weighted by atomic mass is 35.5. The van der Waals surface area contributed by atoms with Crippen molar-refractivity contribution in [2.75, 3.05) is 5.32 Å². The minimum atomic E-state index is -4.65. The zero-order valence-corrected chi connectivity index (χ0v) is 17.5. The average Bonchev–Trinajstić information content (AvgIpc) is 3.36. The molecule has 1 fully saturated rings. The number of carbonyl (C=O) groups is 1. The van der Waals surface area contributed by atoms with Gasteiger partial charge in [0.2, 0.25) is 0 Å². The number of nitrogens with zero attached hydrogens (tertiary/aromatic N) is 5. The van der Waals surface area contributed by atoms with Gasteiger partial charge in [0.15, 0.2) is 11.5 Å². The number of aromatic nitrogens is 5. The first-order valence-corrected chi connectivity index (χ1v) is 10.3. The van der Waals surface area contributed by atoms with E-state index in [0.717, 1.165) is 25.1 Å². The molecule has 1 N–H and O–H groups in total. The van der Waals surface area contributed by atoms with Crippen LogP contribution in [0.1, 0.15) is 46.1 Å². The number of alkyl halides is 3. The molecule has 3 aromatic heterocycles. The van der Waals surface area contributed by atoms with E-state index in [2.05, 4.69) is 20.5 Å². The second-order valence-corrected chi connectivity index (χ2v) is 8.13. The maximum atomic E-state index is 13.5. The Morgan fingerprint density at radius 2 is 2.00 bits per heavy atom. The Bertz CT molecular complexity index is 1380. The molecule has 3 heterocycles. The molecule has 0 aliphatic heterocycles. The van der Waals surface area contributed by atoms with Gasteiger partial charge in [-0.1, -0.05) is 17.7 Å². The first-order valence-electron chi connectivity index (χ1n) is 9.93. The normalized spacial score (nSPS) is 14.1. The quantitative estimate of drug-likeness (QED) is 0.413. The molecular weight excluding hydrogens is 464 g/mol. The second kappa shape index (κ2) is 7.84. The Balaban J connectivity index is 1.40. The molecule has 0 spiro atoms. The van der Waals surface area contributed by atoms with Gasteiger partial charge in [-0.15, -0.1) is 0 Å². The molecule has 0 bridgehead atoms. The van der Waals surface area contributed by atoms with Gasteiger partial charge in [0, 0.05) is 28.9 Å². The lowest BCUT2D eigenvalue weighted by atomic mass is 10.2. The summed E-state index contributed by atoms with van der Waals surface area (Å²) in [5.41, 5.74) is -0.322. The van der Waals surface area contributed by atoms with Crippen molar-refractivity contribution < 1.29 is 22.4 Å². The monoisotopic (exact) mass is 478 g/mol. The summed E-state index contributed by atoms with van der Waals surface area (Å²) in [6.45, 7) is 0.229. The van der Waals surface area contributed by atoms with E-state index in [1.54, 1.807) is 6.20 Å². The van der Waals surface area contributed by atoms with Crippen LogP contribution in [0.15, 0.2) is 42.7 Å². The molecule has 7 nitrogen and oxygen atoms in total. The summed E-state index contributed by atoms with van der Waals surface area (Å²) in [7, 11) is 0. The van der Waals surface area contributed by atoms with Gasteiger partial charge in [-0.2, -0.15) is 23.4 Å². The van der Waals surface area contributed by atoms with Crippen molar-refractivity contribution in [3.63, 3.8) is 0 Å². The van der Waals surface area contributed by atoms with Crippen molar-refractivity contribution in [3.8, 4) is 0 Å². The minimum absolute atomic E-state index is 0.0455. The maximum Gasteiger partial charge on any atom is 0.433 e. The number of amides is 1. The predicted octanol–water partition coefficient (Wildman–Crippen LogP) is 4.92. The lowest BCUT2D eigenvalue weighted by Crippen LogP contribution is -2.16. The Labute approximate surface area is 189 Å². The summed E-state index contributed by atoms with van der Waals surface area (Å²) in [4.78, 5) is 17.1. The first kappa shape index (κ1) is 21.4. The van der Waals surface area contributed by atoms with Crippen molar-refractivity contribution >= 4 is 29.0 Å². The van der Waals surface area contributed by atoms with E-state index in [-0.39, 0.29) is 34.5 Å². The van der Waals surface area contributed by atoms with Crippen LogP contribution in [0, 0.1) is 5.82 Å². The molecule has 4 aromatic rings. The van der Waals surface area contributed by atoms with Crippen LogP contribution in [0.3, 0.4) is 0 Å². The number of halogens is 5. The number of benzene rings is 1. The van der Waals surface area contributed by atoms with E-state index < -0.39 is 23.6 Å². The second-order valence-electron chi connectivity index (χ2n) is 7.72. The van der Waals surface area contributed by atoms with Crippen molar-refractivity contribution in [1.29, 1.82) is 0 Å². The van der Waals surface area contributed by atoms with Crippen LogP contribution >= 0.6 is 11.6 Å². The first-order chi connectivity index (χ1) is 15.7. The van der Waals surface area contributed by atoms with E-state index in [4.69, 9.17) is 11.6 Å². The Morgan fingerprint density at radius 3 is 2.70 bits per heavy atom. The number of nitrogens with one attached hydrogen (secondary N) is 1. The SMILES string of the molecule is O=C(Nc1ccn(Cc2ccc(F)cc2Cl)n1)c1cnn2c(C(F)(F)F)cc(C3CC3)nc12. The third kappa shape index (κ3) is 4.28. The highest BCUT2D eigenvalue weighted by Crippen LogP contribution is 2.41. The molecule has 0 atom stereocenters. The van der Waals surface area contributed by atoms with Crippen LogP contribution < -0.4 is 5.32 Å². The molecule has 0 saturated heterocycles. The molecule has 170 valence electrons. The van der Waals surface area contributed by atoms with E-state index in [0.29, 0.717) is 15.8 Å². The summed E-state index contributed by atoms with van der Waals surface area (Å²) in [6, 6.07) is 6.49. The largest absolute Gasteiger partial charge is 0.433 e. The van der Waals surface area contributed by atoms with Crippen LogP contribution in [-0.4, -0.2) is 30.3 Å².